The average Bonchev–Trinajstić information content (AvgIpc) is 3.39. The van der Waals surface area contributed by atoms with Crippen LogP contribution in [0.4, 0.5) is 20.3 Å². The summed E-state index contributed by atoms with van der Waals surface area (Å²) in [6, 6.07) is 8.02. The molecule has 2 N–H and O–H groups in total. The third-order valence-corrected chi connectivity index (χ3v) is 7.27. The Morgan fingerprint density at radius 2 is 1.95 bits per heavy atom. The van der Waals surface area contributed by atoms with Crippen molar-refractivity contribution in [2.24, 2.45) is 0 Å². The predicted molar refractivity (Wildman–Crippen MR) is 155 cm³/mol. The van der Waals surface area contributed by atoms with Gasteiger partial charge in [0.2, 0.25) is 11.7 Å². The van der Waals surface area contributed by atoms with Gasteiger partial charge in [-0.1, -0.05) is 0 Å². The fourth-order valence-electron chi connectivity index (χ4n) is 5.18. The summed E-state index contributed by atoms with van der Waals surface area (Å²) in [4.78, 5) is 38.0. The third kappa shape index (κ3) is 5.89. The largest absolute Gasteiger partial charge is 0.494 e. The molecule has 220 valence electrons. The topological polar surface area (TPSA) is 104 Å². The lowest BCUT2D eigenvalue weighted by Crippen LogP contribution is -2.51. The number of likely N-dealkylation sites (N-methyl/N-ethyl adjacent to an activating group) is 1. The molecule has 1 saturated heterocycles. The normalized spacial score (nSPS) is 15.2. The second-order valence-corrected chi connectivity index (χ2v) is 10.6. The molecule has 1 atom stereocenters. The molecule has 3 heterocycles. The Balaban J connectivity index is 1.31. The van der Waals surface area contributed by atoms with Gasteiger partial charge in [-0.15, -0.1) is 0 Å². The zero-order valence-corrected chi connectivity index (χ0v) is 23.9. The number of imidazole rings is 1. The molecule has 10 nitrogen and oxygen atoms in total. The van der Waals surface area contributed by atoms with Gasteiger partial charge in [-0.2, -0.15) is 4.39 Å². The van der Waals surface area contributed by atoms with Gasteiger partial charge in [0.05, 0.1) is 25.5 Å². The van der Waals surface area contributed by atoms with Crippen molar-refractivity contribution in [1.29, 1.82) is 0 Å². The van der Waals surface area contributed by atoms with Crippen molar-refractivity contribution < 1.29 is 23.1 Å². The summed E-state index contributed by atoms with van der Waals surface area (Å²) in [5.74, 6) is -2.03. The minimum absolute atomic E-state index is 0.0345. The second kappa shape index (κ2) is 12.1. The number of amides is 2. The van der Waals surface area contributed by atoms with Crippen molar-refractivity contribution in [3.05, 3.63) is 71.7 Å². The molecule has 42 heavy (non-hydrogen) atoms. The molecule has 2 amide bonds. The van der Waals surface area contributed by atoms with Crippen LogP contribution in [0.3, 0.4) is 0 Å². The summed E-state index contributed by atoms with van der Waals surface area (Å²) in [7, 11) is 4.99. The first-order valence-electron chi connectivity index (χ1n) is 13.6. The van der Waals surface area contributed by atoms with Crippen LogP contribution in [-0.4, -0.2) is 82.9 Å². The van der Waals surface area contributed by atoms with Crippen LogP contribution in [0.15, 0.2) is 48.9 Å². The van der Waals surface area contributed by atoms with Crippen LogP contribution >= 0.6 is 0 Å². The number of carbonyl (C=O) groups is 2. The highest BCUT2D eigenvalue weighted by molar-refractivity contribution is 5.96. The maximum atomic E-state index is 14.8. The fourth-order valence-corrected chi connectivity index (χ4v) is 5.18. The lowest BCUT2D eigenvalue weighted by atomic mass is 10.0. The minimum atomic E-state index is -1.07. The fraction of sp³-hybridized carbons (Fsp3) is 0.333. The van der Waals surface area contributed by atoms with E-state index in [4.69, 9.17) is 4.74 Å². The SMILES string of the molecule is COc1ccc(-c2cnc3c(Nc4ccc(C(=O)NC5CCCN(C(=O)CN(C)C)C5)c(C)c4)nccn23)c(F)c1F. The van der Waals surface area contributed by atoms with Crippen LogP contribution in [-0.2, 0) is 4.79 Å². The molecular weight excluding hydrogens is 544 g/mol. The number of carbonyl (C=O) groups excluding carboxylic acids is 2. The average molecular weight is 578 g/mol. The van der Waals surface area contributed by atoms with E-state index in [0.29, 0.717) is 48.0 Å². The first-order chi connectivity index (χ1) is 20.2. The summed E-state index contributed by atoms with van der Waals surface area (Å²) < 4.78 is 35.7. The van der Waals surface area contributed by atoms with Gasteiger partial charge in [-0.3, -0.25) is 14.0 Å². The van der Waals surface area contributed by atoms with Gasteiger partial charge >= 0.3 is 0 Å². The molecule has 2 aromatic heterocycles. The summed E-state index contributed by atoms with van der Waals surface area (Å²) in [5.41, 5.74) is 2.75. The van der Waals surface area contributed by atoms with Crippen molar-refractivity contribution in [3.8, 4) is 17.0 Å². The molecule has 0 saturated carbocycles. The van der Waals surface area contributed by atoms with Crippen LogP contribution in [0.1, 0.15) is 28.8 Å². The second-order valence-electron chi connectivity index (χ2n) is 10.6. The van der Waals surface area contributed by atoms with Crippen LogP contribution < -0.4 is 15.4 Å². The highest BCUT2D eigenvalue weighted by Gasteiger charge is 2.26. The number of rotatable bonds is 8. The van der Waals surface area contributed by atoms with Crippen molar-refractivity contribution >= 4 is 29.0 Å². The van der Waals surface area contributed by atoms with Gasteiger partial charge in [0.25, 0.3) is 5.91 Å². The number of aromatic nitrogens is 3. The Morgan fingerprint density at radius 1 is 1.14 bits per heavy atom. The van der Waals surface area contributed by atoms with Gasteiger partial charge in [-0.25, -0.2) is 14.4 Å². The number of hydrogen-bond donors (Lipinski definition) is 2. The summed E-state index contributed by atoms with van der Waals surface area (Å²) >= 11 is 0. The van der Waals surface area contributed by atoms with E-state index in [1.54, 1.807) is 22.7 Å². The van der Waals surface area contributed by atoms with Gasteiger partial charge in [0.1, 0.15) is 0 Å². The Morgan fingerprint density at radius 3 is 2.69 bits per heavy atom. The zero-order chi connectivity index (χ0) is 30.0. The van der Waals surface area contributed by atoms with E-state index in [1.807, 2.05) is 36.9 Å². The lowest BCUT2D eigenvalue weighted by Gasteiger charge is -2.34. The van der Waals surface area contributed by atoms with E-state index in [1.165, 1.54) is 31.6 Å². The number of methoxy groups -OCH3 is 1. The molecule has 0 aliphatic carbocycles. The number of nitrogens with one attached hydrogen (secondary N) is 2. The summed E-state index contributed by atoms with van der Waals surface area (Å²) in [6.45, 7) is 3.37. The van der Waals surface area contributed by atoms with Crippen LogP contribution in [0.25, 0.3) is 16.9 Å². The smallest absolute Gasteiger partial charge is 0.251 e. The van der Waals surface area contributed by atoms with Crippen molar-refractivity contribution in [1.82, 2.24) is 29.5 Å². The first kappa shape index (κ1) is 28.9. The number of benzene rings is 2. The molecule has 1 fully saturated rings. The Labute approximate surface area is 242 Å². The van der Waals surface area contributed by atoms with Crippen molar-refractivity contribution in [2.45, 2.75) is 25.8 Å². The van der Waals surface area contributed by atoms with Crippen molar-refractivity contribution in [3.63, 3.8) is 0 Å². The molecule has 12 heteroatoms. The molecule has 0 spiro atoms. The number of hydrogen-bond acceptors (Lipinski definition) is 7. The minimum Gasteiger partial charge on any atom is -0.494 e. The number of fused-ring (bicyclic) bond motifs is 1. The highest BCUT2D eigenvalue weighted by atomic mass is 19.2. The molecule has 4 aromatic rings. The van der Waals surface area contributed by atoms with E-state index in [2.05, 4.69) is 20.6 Å². The zero-order valence-electron chi connectivity index (χ0n) is 23.9. The van der Waals surface area contributed by atoms with Crippen molar-refractivity contribution in [2.75, 3.05) is 46.2 Å². The molecule has 0 radical (unpaired) electrons. The monoisotopic (exact) mass is 577 g/mol. The molecule has 1 unspecified atom stereocenters. The first-order valence-corrected chi connectivity index (χ1v) is 13.6. The van der Waals surface area contributed by atoms with Crippen LogP contribution in [0.2, 0.25) is 0 Å². The molecule has 5 rings (SSSR count). The maximum Gasteiger partial charge on any atom is 0.251 e. The number of likely N-dealkylation sites (tertiary alicyclic amines) is 1. The van der Waals surface area contributed by atoms with Crippen LogP contribution in [0, 0.1) is 18.6 Å². The van der Waals surface area contributed by atoms with E-state index in [-0.39, 0.29) is 29.2 Å². The van der Waals surface area contributed by atoms with E-state index in [0.717, 1.165) is 18.4 Å². The lowest BCUT2D eigenvalue weighted by molar-refractivity contribution is -0.133. The summed E-state index contributed by atoms with van der Waals surface area (Å²) in [5, 5.41) is 6.30. The van der Waals surface area contributed by atoms with E-state index in [9.17, 15) is 18.4 Å². The quantitative estimate of drug-likeness (QED) is 0.326. The molecule has 1 aliphatic rings. The maximum absolute atomic E-state index is 14.8. The third-order valence-electron chi connectivity index (χ3n) is 7.27. The molecule has 2 aromatic carbocycles. The molecule has 0 bridgehead atoms. The molecule has 1 aliphatic heterocycles. The van der Waals surface area contributed by atoms with Crippen LogP contribution in [0.5, 0.6) is 5.75 Å². The predicted octanol–water partition coefficient (Wildman–Crippen LogP) is 4.02. The summed E-state index contributed by atoms with van der Waals surface area (Å²) in [6.07, 6.45) is 6.24. The van der Waals surface area contributed by atoms with E-state index >= 15 is 0 Å². The number of ether oxygens (including phenoxy) is 1. The molecular formula is C30H33F2N7O3. The van der Waals surface area contributed by atoms with Gasteiger partial charge < -0.3 is 25.2 Å². The number of halogens is 2. The van der Waals surface area contributed by atoms with Gasteiger partial charge in [0.15, 0.2) is 23.0 Å². The Kier molecular flexibility index (Phi) is 8.34. The number of aryl methyl sites for hydroxylation is 1. The van der Waals surface area contributed by atoms with Gasteiger partial charge in [-0.05, 0) is 69.8 Å². The number of nitrogens with zero attached hydrogens (tertiary/aromatic N) is 5. The Bertz CT molecular complexity index is 1640. The standard InChI is InChI=1S/C30H33F2N7O3/c1-18-14-19(7-8-21(18)30(41)36-20-6-5-12-38(16-20)25(40)17-37(2)3)35-28-29-34-15-23(39(29)13-11-33-28)22-9-10-24(42-4)27(32)26(22)31/h7-11,13-15,20H,5-6,12,16-17H2,1-4H3,(H,33,35)(H,36,41). The van der Waals surface area contributed by atoms with E-state index < -0.39 is 11.6 Å². The number of piperidine rings is 1. The number of anilines is 2. The Hall–Kier alpha value is -4.58. The van der Waals surface area contributed by atoms with Gasteiger partial charge in [0, 0.05) is 48.3 Å². The highest BCUT2D eigenvalue weighted by Crippen LogP contribution is 2.31.